The number of rotatable bonds is 8. The highest BCUT2D eigenvalue weighted by Crippen LogP contribution is 2.35. The van der Waals surface area contributed by atoms with Crippen molar-refractivity contribution in [2.24, 2.45) is 0 Å². The maximum atomic E-state index is 13.8. The number of Topliss-reactive ketones (excluding diaryl/α,β-unsaturated/α-hetero) is 1. The second kappa shape index (κ2) is 12.9. The topological polar surface area (TPSA) is 135 Å². The number of amides is 3. The average Bonchev–Trinajstić information content (AvgIpc) is 3.68. The molecular formula is C34H26ClF3N6O4. The van der Waals surface area contributed by atoms with Crippen LogP contribution in [0.1, 0.15) is 83.3 Å². The van der Waals surface area contributed by atoms with E-state index in [1.165, 1.54) is 19.2 Å². The van der Waals surface area contributed by atoms with Gasteiger partial charge >= 0.3 is 0 Å². The van der Waals surface area contributed by atoms with Gasteiger partial charge in [-0.05, 0) is 73.2 Å². The molecule has 0 aliphatic heterocycles. The third-order valence-electron chi connectivity index (χ3n) is 8.18. The van der Waals surface area contributed by atoms with Crippen LogP contribution in [0.15, 0.2) is 60.8 Å². The van der Waals surface area contributed by atoms with Crippen molar-refractivity contribution in [3.63, 3.8) is 0 Å². The Morgan fingerprint density at radius 1 is 0.958 bits per heavy atom. The summed E-state index contributed by atoms with van der Waals surface area (Å²) < 4.78 is 42.1. The third-order valence-corrected chi connectivity index (χ3v) is 8.51. The molecule has 5 aromatic rings. The normalized spacial score (nSPS) is 13.7. The zero-order valence-electron chi connectivity index (χ0n) is 25.5. The van der Waals surface area contributed by atoms with E-state index in [-0.39, 0.29) is 39.0 Å². The van der Waals surface area contributed by atoms with Crippen molar-refractivity contribution in [2.75, 3.05) is 5.32 Å². The summed E-state index contributed by atoms with van der Waals surface area (Å²) in [6.45, 7) is 2.96. The first-order valence-corrected chi connectivity index (χ1v) is 15.1. The second-order valence-electron chi connectivity index (χ2n) is 11.2. The molecule has 0 fully saturated rings. The molecule has 3 amide bonds. The molecule has 10 nitrogen and oxygen atoms in total. The van der Waals surface area contributed by atoms with Gasteiger partial charge in [0.05, 0.1) is 22.9 Å². The van der Waals surface area contributed by atoms with E-state index in [0.29, 0.717) is 24.1 Å². The van der Waals surface area contributed by atoms with Crippen molar-refractivity contribution in [3.8, 4) is 0 Å². The van der Waals surface area contributed by atoms with Gasteiger partial charge < -0.3 is 16.0 Å². The van der Waals surface area contributed by atoms with E-state index in [0.717, 1.165) is 33.3 Å². The number of hydrogen-bond acceptors (Lipinski definition) is 6. The van der Waals surface area contributed by atoms with E-state index < -0.39 is 47.8 Å². The molecule has 0 radical (unpaired) electrons. The van der Waals surface area contributed by atoms with Gasteiger partial charge in [0.15, 0.2) is 28.9 Å². The van der Waals surface area contributed by atoms with E-state index in [1.54, 1.807) is 30.3 Å². The summed E-state index contributed by atoms with van der Waals surface area (Å²) in [5, 5.41) is 12.6. The number of carbonyl (C=O) groups excluding carboxylic acids is 4. The van der Waals surface area contributed by atoms with Gasteiger partial charge in [-0.25, -0.2) is 22.7 Å². The number of nitrogens with one attached hydrogen (secondary N) is 3. The highest BCUT2D eigenvalue weighted by atomic mass is 35.5. The monoisotopic (exact) mass is 674 g/mol. The number of ketones is 1. The fourth-order valence-corrected chi connectivity index (χ4v) is 5.96. The van der Waals surface area contributed by atoms with Gasteiger partial charge in [0, 0.05) is 18.2 Å². The number of halogens is 4. The number of aromatic nitrogens is 3. The summed E-state index contributed by atoms with van der Waals surface area (Å²) in [5.74, 6) is -6.71. The van der Waals surface area contributed by atoms with E-state index >= 15 is 0 Å². The summed E-state index contributed by atoms with van der Waals surface area (Å²) in [6.07, 6.45) is 2.38. The van der Waals surface area contributed by atoms with Crippen LogP contribution in [0.4, 0.5) is 18.9 Å². The number of anilines is 1. The average molecular weight is 675 g/mol. The van der Waals surface area contributed by atoms with Crippen LogP contribution in [-0.4, -0.2) is 38.1 Å². The molecule has 0 spiro atoms. The predicted octanol–water partition coefficient (Wildman–Crippen LogP) is 5.91. The van der Waals surface area contributed by atoms with Gasteiger partial charge in [0.1, 0.15) is 17.0 Å². The molecule has 2 aromatic heterocycles. The Labute approximate surface area is 276 Å². The molecule has 0 bridgehead atoms. The van der Waals surface area contributed by atoms with Gasteiger partial charge in [0.25, 0.3) is 17.7 Å². The summed E-state index contributed by atoms with van der Waals surface area (Å²) >= 11 is 6.20. The lowest BCUT2D eigenvalue weighted by Crippen LogP contribution is -2.31. The van der Waals surface area contributed by atoms with E-state index in [9.17, 15) is 32.3 Å². The number of fused-ring (bicyclic) bond motifs is 2. The molecule has 3 N–H and O–H groups in total. The van der Waals surface area contributed by atoms with Crippen molar-refractivity contribution >= 4 is 46.4 Å². The zero-order chi connectivity index (χ0) is 34.3. The van der Waals surface area contributed by atoms with Crippen molar-refractivity contribution in [1.82, 2.24) is 25.2 Å². The molecule has 2 heterocycles. The largest absolute Gasteiger partial charge is 0.347 e. The van der Waals surface area contributed by atoms with Crippen molar-refractivity contribution in [3.05, 3.63) is 128 Å². The Bertz CT molecular complexity index is 2150. The quantitative estimate of drug-likeness (QED) is 0.138. The Balaban J connectivity index is 1.35. The van der Waals surface area contributed by atoms with E-state index in [1.807, 2.05) is 13.0 Å². The molecule has 48 heavy (non-hydrogen) atoms. The fourth-order valence-electron chi connectivity index (χ4n) is 5.78. The SMILES string of the molecule is CC(=O)c1ccc2c(c1C)CC[C@@H]2NC(=O)c1cc(C(=O)NCc2cc(F)c(F)c(F)c2)nc2c(C(=O)Nc3ccccc3Cl)cnn12. The lowest BCUT2D eigenvalue weighted by Gasteiger charge is -2.16. The summed E-state index contributed by atoms with van der Waals surface area (Å²) in [4.78, 5) is 56.8. The third kappa shape index (κ3) is 6.11. The molecule has 0 unspecified atom stereocenters. The van der Waals surface area contributed by atoms with Crippen LogP contribution < -0.4 is 16.0 Å². The van der Waals surface area contributed by atoms with Crippen molar-refractivity contribution in [2.45, 2.75) is 39.3 Å². The van der Waals surface area contributed by atoms with Crippen LogP contribution in [0.5, 0.6) is 0 Å². The molecule has 1 atom stereocenters. The first kappa shape index (κ1) is 32.4. The number of hydrogen-bond donors (Lipinski definition) is 3. The first-order chi connectivity index (χ1) is 22.9. The highest BCUT2D eigenvalue weighted by Gasteiger charge is 2.29. The minimum absolute atomic E-state index is 0.0597. The molecular weight excluding hydrogens is 649 g/mol. The number of nitrogens with zero attached hydrogens (tertiary/aromatic N) is 3. The van der Waals surface area contributed by atoms with Crippen LogP contribution in [0.3, 0.4) is 0 Å². The Morgan fingerprint density at radius 3 is 2.40 bits per heavy atom. The molecule has 0 saturated carbocycles. The van der Waals surface area contributed by atoms with Gasteiger partial charge in [-0.3, -0.25) is 19.2 Å². The fraction of sp³-hybridized carbons (Fsp3) is 0.176. The lowest BCUT2D eigenvalue weighted by atomic mass is 9.96. The minimum atomic E-state index is -1.64. The maximum Gasteiger partial charge on any atom is 0.270 e. The molecule has 14 heteroatoms. The Kier molecular flexibility index (Phi) is 8.71. The predicted molar refractivity (Wildman–Crippen MR) is 170 cm³/mol. The Hall–Kier alpha value is -5.56. The van der Waals surface area contributed by atoms with Gasteiger partial charge in [0.2, 0.25) is 0 Å². The van der Waals surface area contributed by atoms with E-state index in [4.69, 9.17) is 11.6 Å². The molecule has 6 rings (SSSR count). The second-order valence-corrected chi connectivity index (χ2v) is 11.6. The number of para-hydroxylation sites is 1. The molecule has 0 saturated heterocycles. The number of benzene rings is 3. The van der Waals surface area contributed by atoms with Crippen LogP contribution >= 0.6 is 11.6 Å². The summed E-state index contributed by atoms with van der Waals surface area (Å²) in [7, 11) is 0. The van der Waals surface area contributed by atoms with Crippen LogP contribution in [0.25, 0.3) is 5.65 Å². The van der Waals surface area contributed by atoms with E-state index in [2.05, 4.69) is 26.0 Å². The molecule has 3 aromatic carbocycles. The summed E-state index contributed by atoms with van der Waals surface area (Å²) in [5.41, 5.74) is 2.87. The highest BCUT2D eigenvalue weighted by molar-refractivity contribution is 6.34. The summed E-state index contributed by atoms with van der Waals surface area (Å²) in [6, 6.07) is 12.3. The zero-order valence-corrected chi connectivity index (χ0v) is 26.2. The lowest BCUT2D eigenvalue weighted by molar-refractivity contribution is 0.0926. The first-order valence-electron chi connectivity index (χ1n) is 14.7. The van der Waals surface area contributed by atoms with Gasteiger partial charge in [-0.2, -0.15) is 5.10 Å². The molecule has 1 aliphatic carbocycles. The van der Waals surface area contributed by atoms with Crippen LogP contribution in [0, 0.1) is 24.4 Å². The maximum absolute atomic E-state index is 13.8. The Morgan fingerprint density at radius 2 is 1.69 bits per heavy atom. The van der Waals surface area contributed by atoms with Gasteiger partial charge in [-0.1, -0.05) is 35.9 Å². The number of carbonyl (C=O) groups is 4. The van der Waals surface area contributed by atoms with Crippen molar-refractivity contribution < 1.29 is 32.3 Å². The van der Waals surface area contributed by atoms with Gasteiger partial charge in [-0.15, -0.1) is 0 Å². The smallest absolute Gasteiger partial charge is 0.270 e. The van der Waals surface area contributed by atoms with Crippen molar-refractivity contribution in [1.29, 1.82) is 0 Å². The molecule has 1 aliphatic rings. The minimum Gasteiger partial charge on any atom is -0.347 e. The van der Waals surface area contributed by atoms with Crippen LogP contribution in [-0.2, 0) is 13.0 Å². The standard InChI is InChI=1S/C34H26ClF3N6O4/c1-16-19(17(2)45)7-8-21-20(16)9-10-26(21)42-34(48)29-13-28(33(47)39-14-18-11-24(36)30(38)25(37)12-18)41-31-22(15-40-44(29)31)32(46)43-27-6-4-3-5-23(27)35/h3-8,11-13,15,26H,9-10,14H2,1-2H3,(H,39,47)(H,42,48)(H,43,46)/t26-/m0/s1. The van der Waals surface area contributed by atoms with Crippen LogP contribution in [0.2, 0.25) is 5.02 Å². The molecule has 244 valence electrons.